The fourth-order valence-corrected chi connectivity index (χ4v) is 5.51. The maximum absolute atomic E-state index is 13.2. The van der Waals surface area contributed by atoms with Crippen LogP contribution in [0.3, 0.4) is 0 Å². The first-order chi connectivity index (χ1) is 14.0. The van der Waals surface area contributed by atoms with Gasteiger partial charge in [0, 0.05) is 39.5 Å². The number of carbonyl (C=O) groups is 1. The van der Waals surface area contributed by atoms with E-state index in [1.54, 1.807) is 17.8 Å². The summed E-state index contributed by atoms with van der Waals surface area (Å²) in [6, 6.07) is 13.3. The normalized spacial score (nSPS) is 16.6. The van der Waals surface area contributed by atoms with Gasteiger partial charge in [-0.05, 0) is 36.7 Å². The average molecular weight is 472 g/mol. The molecule has 2 aromatic carbocycles. The van der Waals surface area contributed by atoms with Crippen molar-refractivity contribution >= 4 is 52.5 Å². The highest BCUT2D eigenvalue weighted by atomic mass is 35.5. The van der Waals surface area contributed by atoms with Gasteiger partial charge in [0.05, 0.1) is 6.54 Å². The van der Waals surface area contributed by atoms with Gasteiger partial charge in [0.2, 0.25) is 5.91 Å². The Morgan fingerprint density at radius 2 is 1.97 bits per heavy atom. The van der Waals surface area contributed by atoms with E-state index >= 15 is 0 Å². The van der Waals surface area contributed by atoms with Crippen molar-refractivity contribution in [1.82, 2.24) is 9.80 Å². The minimum absolute atomic E-state index is 0.0247. The van der Waals surface area contributed by atoms with Gasteiger partial charge in [-0.1, -0.05) is 72.4 Å². The Hall–Kier alpha value is -0.910. The molecule has 1 fully saturated rings. The highest BCUT2D eigenvalue weighted by Gasteiger charge is 2.32. The lowest BCUT2D eigenvalue weighted by Crippen LogP contribution is -2.40. The number of thioether (sulfide) groups is 1. The number of unbranched alkanes of at least 4 members (excludes halogenated alkanes) is 1. The molecule has 3 nitrogen and oxygen atoms in total. The number of hydrogen-bond acceptors (Lipinski definition) is 3. The molecule has 0 N–H and O–H groups in total. The van der Waals surface area contributed by atoms with Gasteiger partial charge in [-0.25, -0.2) is 0 Å². The first-order valence-corrected chi connectivity index (χ1v) is 12.0. The molecule has 1 amide bonds. The predicted molar refractivity (Wildman–Crippen MR) is 125 cm³/mol. The predicted octanol–water partition coefficient (Wildman–Crippen LogP) is 6.52. The summed E-state index contributed by atoms with van der Waals surface area (Å²) in [7, 11) is 0. The number of halogens is 3. The quantitative estimate of drug-likeness (QED) is 0.437. The van der Waals surface area contributed by atoms with Gasteiger partial charge in [-0.15, -0.1) is 11.8 Å². The molecule has 0 saturated carbocycles. The Morgan fingerprint density at radius 3 is 2.69 bits per heavy atom. The van der Waals surface area contributed by atoms with Crippen LogP contribution < -0.4 is 0 Å². The second-order valence-electron chi connectivity index (χ2n) is 7.13. The highest BCUT2D eigenvalue weighted by Crippen LogP contribution is 2.40. The van der Waals surface area contributed by atoms with E-state index in [9.17, 15) is 4.79 Å². The van der Waals surface area contributed by atoms with E-state index in [0.717, 1.165) is 42.8 Å². The molecule has 0 unspecified atom stereocenters. The van der Waals surface area contributed by atoms with Crippen molar-refractivity contribution < 1.29 is 4.79 Å². The van der Waals surface area contributed by atoms with E-state index in [1.165, 1.54) is 0 Å². The molecule has 2 aromatic rings. The fourth-order valence-electron chi connectivity index (χ4n) is 3.43. The Morgan fingerprint density at radius 1 is 1.17 bits per heavy atom. The SMILES string of the molecule is CCCCN(CC(=O)N1CCS[C@@H]1c1ccccc1Cl)Cc1ccc(Cl)cc1Cl. The molecule has 0 radical (unpaired) electrons. The van der Waals surface area contributed by atoms with E-state index in [2.05, 4.69) is 11.8 Å². The summed E-state index contributed by atoms with van der Waals surface area (Å²) in [6.07, 6.45) is 2.10. The molecule has 3 rings (SSSR count). The summed E-state index contributed by atoms with van der Waals surface area (Å²) in [5.41, 5.74) is 1.99. The third-order valence-corrected chi connectivity index (χ3v) is 7.15. The topological polar surface area (TPSA) is 23.6 Å². The van der Waals surface area contributed by atoms with Gasteiger partial charge in [0.25, 0.3) is 0 Å². The van der Waals surface area contributed by atoms with E-state index < -0.39 is 0 Å². The van der Waals surface area contributed by atoms with E-state index in [1.807, 2.05) is 41.3 Å². The molecule has 0 bridgehead atoms. The lowest BCUT2D eigenvalue weighted by Gasteiger charge is -2.29. The van der Waals surface area contributed by atoms with Crippen molar-refractivity contribution in [2.45, 2.75) is 31.7 Å². The van der Waals surface area contributed by atoms with Crippen molar-refractivity contribution in [1.29, 1.82) is 0 Å². The first kappa shape index (κ1) is 22.8. The maximum atomic E-state index is 13.2. The summed E-state index contributed by atoms with van der Waals surface area (Å²) in [5.74, 6) is 1.04. The van der Waals surface area contributed by atoms with Crippen LogP contribution in [0.15, 0.2) is 42.5 Å². The van der Waals surface area contributed by atoms with Crippen LogP contribution in [-0.4, -0.2) is 41.1 Å². The number of nitrogens with zero attached hydrogens (tertiary/aromatic N) is 2. The minimum Gasteiger partial charge on any atom is -0.325 e. The van der Waals surface area contributed by atoms with Gasteiger partial charge in [0.1, 0.15) is 5.37 Å². The van der Waals surface area contributed by atoms with Gasteiger partial charge in [-0.2, -0.15) is 0 Å². The Balaban J connectivity index is 1.72. The van der Waals surface area contributed by atoms with E-state index in [0.29, 0.717) is 28.2 Å². The van der Waals surface area contributed by atoms with Crippen molar-refractivity contribution in [3.05, 3.63) is 68.7 Å². The molecule has 0 aliphatic carbocycles. The van der Waals surface area contributed by atoms with Crippen LogP contribution in [-0.2, 0) is 11.3 Å². The summed E-state index contributed by atoms with van der Waals surface area (Å²) in [5, 5.41) is 1.94. The fraction of sp³-hybridized carbons (Fsp3) is 0.409. The van der Waals surface area contributed by atoms with Crippen LogP contribution in [0, 0.1) is 0 Å². The van der Waals surface area contributed by atoms with E-state index in [-0.39, 0.29) is 11.3 Å². The van der Waals surface area contributed by atoms with Crippen molar-refractivity contribution in [3.63, 3.8) is 0 Å². The summed E-state index contributed by atoms with van der Waals surface area (Å²) < 4.78 is 0. The molecule has 1 aliphatic rings. The number of benzene rings is 2. The number of carbonyl (C=O) groups excluding carboxylic acids is 1. The standard InChI is InChI=1S/C22H25Cl3N2OS/c1-2-3-10-26(14-16-8-9-17(23)13-20(16)25)15-21(28)27-11-12-29-22(27)18-6-4-5-7-19(18)24/h4-9,13,22H,2-3,10-12,14-15H2,1H3/t22-/m1/s1. The van der Waals surface area contributed by atoms with Gasteiger partial charge in [-0.3, -0.25) is 9.69 Å². The third kappa shape index (κ3) is 6.05. The van der Waals surface area contributed by atoms with Crippen molar-refractivity contribution in [2.24, 2.45) is 0 Å². The molecule has 0 spiro atoms. The second kappa shape index (κ2) is 10.9. The van der Waals surface area contributed by atoms with Gasteiger partial charge < -0.3 is 4.90 Å². The Labute approximate surface area is 192 Å². The Bertz CT molecular complexity index is 849. The minimum atomic E-state index is -0.0247. The lowest BCUT2D eigenvalue weighted by atomic mass is 10.2. The molecule has 1 aliphatic heterocycles. The number of hydrogen-bond donors (Lipinski definition) is 0. The number of amides is 1. The molecule has 1 saturated heterocycles. The van der Waals surface area contributed by atoms with Gasteiger partial charge in [0.15, 0.2) is 0 Å². The molecule has 29 heavy (non-hydrogen) atoms. The van der Waals surface area contributed by atoms with Crippen LogP contribution in [0.4, 0.5) is 0 Å². The molecule has 1 atom stereocenters. The molecule has 156 valence electrons. The van der Waals surface area contributed by atoms with Crippen LogP contribution in [0.1, 0.15) is 36.3 Å². The third-order valence-electron chi connectivity index (χ3n) is 4.98. The zero-order valence-electron chi connectivity index (χ0n) is 16.4. The summed E-state index contributed by atoms with van der Waals surface area (Å²) >= 11 is 20.6. The first-order valence-electron chi connectivity index (χ1n) is 9.81. The zero-order chi connectivity index (χ0) is 20.8. The van der Waals surface area contributed by atoms with Gasteiger partial charge >= 0.3 is 0 Å². The average Bonchev–Trinajstić information content (AvgIpc) is 3.18. The molecular weight excluding hydrogens is 447 g/mol. The highest BCUT2D eigenvalue weighted by molar-refractivity contribution is 7.99. The maximum Gasteiger partial charge on any atom is 0.237 e. The Kier molecular flexibility index (Phi) is 8.57. The van der Waals surface area contributed by atoms with E-state index in [4.69, 9.17) is 34.8 Å². The number of rotatable bonds is 8. The molecule has 0 aromatic heterocycles. The zero-order valence-corrected chi connectivity index (χ0v) is 19.5. The second-order valence-corrected chi connectivity index (χ2v) is 9.57. The molecule has 1 heterocycles. The largest absolute Gasteiger partial charge is 0.325 e. The van der Waals surface area contributed by atoms with Crippen LogP contribution >= 0.6 is 46.6 Å². The summed E-state index contributed by atoms with van der Waals surface area (Å²) in [6.45, 7) is 4.72. The van der Waals surface area contributed by atoms with Crippen LogP contribution in [0.5, 0.6) is 0 Å². The monoisotopic (exact) mass is 470 g/mol. The lowest BCUT2D eigenvalue weighted by molar-refractivity contribution is -0.132. The molecular formula is C22H25Cl3N2OS. The van der Waals surface area contributed by atoms with Crippen molar-refractivity contribution in [3.8, 4) is 0 Å². The summed E-state index contributed by atoms with van der Waals surface area (Å²) in [4.78, 5) is 17.3. The van der Waals surface area contributed by atoms with Crippen LogP contribution in [0.2, 0.25) is 15.1 Å². The van der Waals surface area contributed by atoms with Crippen molar-refractivity contribution in [2.75, 3.05) is 25.4 Å². The smallest absolute Gasteiger partial charge is 0.237 e. The molecule has 7 heteroatoms. The van der Waals surface area contributed by atoms with Crippen LogP contribution in [0.25, 0.3) is 0 Å².